The van der Waals surface area contributed by atoms with Gasteiger partial charge in [0.1, 0.15) is 0 Å². The van der Waals surface area contributed by atoms with Gasteiger partial charge in [0.15, 0.2) is 18.9 Å². The van der Waals surface area contributed by atoms with Crippen LogP contribution in [0.3, 0.4) is 0 Å². The molecular formula is C19H18N+. The number of hydrogen-bond acceptors (Lipinski definition) is 0. The molecule has 0 amide bonds. The second-order valence-electron chi connectivity index (χ2n) is 5.03. The third kappa shape index (κ3) is 3.33. The van der Waals surface area contributed by atoms with E-state index in [1.54, 1.807) is 0 Å². The molecular weight excluding hydrogens is 242 g/mol. The fourth-order valence-electron chi connectivity index (χ4n) is 2.34. The minimum Gasteiger partial charge on any atom is -0.201 e. The zero-order valence-corrected chi connectivity index (χ0v) is 11.4. The summed E-state index contributed by atoms with van der Waals surface area (Å²) in [6, 6.07) is 25.7. The lowest BCUT2D eigenvalue weighted by molar-refractivity contribution is -0.688. The van der Waals surface area contributed by atoms with E-state index in [0.29, 0.717) is 0 Å². The molecule has 0 saturated heterocycles. The van der Waals surface area contributed by atoms with Crippen LogP contribution in [0.2, 0.25) is 0 Å². The molecule has 0 unspecified atom stereocenters. The van der Waals surface area contributed by atoms with E-state index in [0.717, 1.165) is 13.0 Å². The van der Waals surface area contributed by atoms with E-state index in [9.17, 15) is 0 Å². The molecule has 3 aromatic rings. The number of aromatic nitrogens is 1. The smallest absolute Gasteiger partial charge is 0.173 e. The molecule has 0 atom stereocenters. The SMILES string of the molecule is c1ccc(Cc2ccc(C[n+]3ccccc3)cc2)cc1. The van der Waals surface area contributed by atoms with Crippen molar-refractivity contribution in [1.29, 1.82) is 0 Å². The molecule has 0 saturated carbocycles. The van der Waals surface area contributed by atoms with Crippen LogP contribution in [0.25, 0.3) is 0 Å². The summed E-state index contributed by atoms with van der Waals surface area (Å²) in [4.78, 5) is 0. The molecule has 3 rings (SSSR count). The van der Waals surface area contributed by atoms with Crippen molar-refractivity contribution in [1.82, 2.24) is 0 Å². The highest BCUT2D eigenvalue weighted by molar-refractivity contribution is 5.28. The summed E-state index contributed by atoms with van der Waals surface area (Å²) in [6.07, 6.45) is 5.19. The maximum atomic E-state index is 2.23. The highest BCUT2D eigenvalue weighted by Gasteiger charge is 2.01. The average molecular weight is 260 g/mol. The van der Waals surface area contributed by atoms with Crippen molar-refractivity contribution >= 4 is 0 Å². The maximum absolute atomic E-state index is 2.23. The molecule has 0 aliphatic rings. The molecule has 20 heavy (non-hydrogen) atoms. The molecule has 0 aliphatic carbocycles. The Balaban J connectivity index is 1.69. The van der Waals surface area contributed by atoms with Crippen molar-refractivity contribution in [2.24, 2.45) is 0 Å². The molecule has 1 aromatic heterocycles. The molecule has 2 aromatic carbocycles. The summed E-state index contributed by atoms with van der Waals surface area (Å²) in [6.45, 7) is 0.923. The summed E-state index contributed by atoms with van der Waals surface area (Å²) in [5.41, 5.74) is 4.05. The number of nitrogens with zero attached hydrogens (tertiary/aromatic N) is 1. The highest BCUT2D eigenvalue weighted by atomic mass is 14.9. The lowest BCUT2D eigenvalue weighted by atomic mass is 10.0. The van der Waals surface area contributed by atoms with E-state index in [1.165, 1.54) is 16.7 Å². The van der Waals surface area contributed by atoms with Crippen LogP contribution in [-0.4, -0.2) is 0 Å². The van der Waals surface area contributed by atoms with E-state index in [2.05, 4.69) is 83.7 Å². The van der Waals surface area contributed by atoms with Gasteiger partial charge in [-0.1, -0.05) is 60.7 Å². The van der Waals surface area contributed by atoms with Crippen molar-refractivity contribution in [3.05, 3.63) is 102 Å². The molecule has 0 spiro atoms. The lowest BCUT2D eigenvalue weighted by Gasteiger charge is -2.03. The highest BCUT2D eigenvalue weighted by Crippen LogP contribution is 2.10. The van der Waals surface area contributed by atoms with Crippen LogP contribution >= 0.6 is 0 Å². The van der Waals surface area contributed by atoms with Gasteiger partial charge in [-0.15, -0.1) is 0 Å². The minimum absolute atomic E-state index is 0.923. The second kappa shape index (κ2) is 6.16. The first kappa shape index (κ1) is 12.6. The van der Waals surface area contributed by atoms with Crippen molar-refractivity contribution in [2.45, 2.75) is 13.0 Å². The van der Waals surface area contributed by atoms with E-state index in [1.807, 2.05) is 6.07 Å². The fourth-order valence-corrected chi connectivity index (χ4v) is 2.34. The maximum Gasteiger partial charge on any atom is 0.173 e. The van der Waals surface area contributed by atoms with Gasteiger partial charge in [0.05, 0.1) is 0 Å². The van der Waals surface area contributed by atoms with E-state index in [4.69, 9.17) is 0 Å². The summed E-state index contributed by atoms with van der Waals surface area (Å²) >= 11 is 0. The predicted octanol–water partition coefficient (Wildman–Crippen LogP) is 3.61. The van der Waals surface area contributed by atoms with Crippen LogP contribution in [-0.2, 0) is 13.0 Å². The van der Waals surface area contributed by atoms with Gasteiger partial charge >= 0.3 is 0 Å². The number of pyridine rings is 1. The Morgan fingerprint density at radius 1 is 0.550 bits per heavy atom. The average Bonchev–Trinajstić information content (AvgIpc) is 2.51. The third-order valence-electron chi connectivity index (χ3n) is 3.42. The number of rotatable bonds is 4. The molecule has 1 heteroatoms. The van der Waals surface area contributed by atoms with Crippen molar-refractivity contribution < 1.29 is 4.57 Å². The minimum atomic E-state index is 0.923. The monoisotopic (exact) mass is 260 g/mol. The zero-order valence-electron chi connectivity index (χ0n) is 11.4. The van der Waals surface area contributed by atoms with Crippen LogP contribution in [0.5, 0.6) is 0 Å². The van der Waals surface area contributed by atoms with E-state index < -0.39 is 0 Å². The molecule has 0 N–H and O–H groups in total. The van der Waals surface area contributed by atoms with Gasteiger partial charge in [0.25, 0.3) is 0 Å². The van der Waals surface area contributed by atoms with Gasteiger partial charge < -0.3 is 0 Å². The predicted molar refractivity (Wildman–Crippen MR) is 81.4 cm³/mol. The third-order valence-corrected chi connectivity index (χ3v) is 3.42. The summed E-state index contributed by atoms with van der Waals surface area (Å²) in [5.74, 6) is 0. The number of benzene rings is 2. The Hall–Kier alpha value is -2.41. The normalized spacial score (nSPS) is 10.4. The molecule has 0 fully saturated rings. The molecule has 98 valence electrons. The van der Waals surface area contributed by atoms with Crippen molar-refractivity contribution in [2.75, 3.05) is 0 Å². The van der Waals surface area contributed by atoms with Gasteiger partial charge in [-0.2, -0.15) is 0 Å². The van der Waals surface area contributed by atoms with Gasteiger partial charge in [-0.05, 0) is 17.5 Å². The summed E-state index contributed by atoms with van der Waals surface area (Å²) in [5, 5.41) is 0. The first-order valence-corrected chi connectivity index (χ1v) is 6.96. The Bertz CT molecular complexity index is 582. The molecule has 0 aliphatic heterocycles. The lowest BCUT2D eigenvalue weighted by Crippen LogP contribution is -2.32. The molecule has 0 bridgehead atoms. The van der Waals surface area contributed by atoms with Gasteiger partial charge in [-0.25, -0.2) is 4.57 Å². The van der Waals surface area contributed by atoms with Crippen LogP contribution in [0.15, 0.2) is 85.2 Å². The Morgan fingerprint density at radius 2 is 1.10 bits per heavy atom. The summed E-state index contributed by atoms with van der Waals surface area (Å²) in [7, 11) is 0. The molecule has 0 radical (unpaired) electrons. The topological polar surface area (TPSA) is 3.88 Å². The Labute approximate surface area is 120 Å². The number of hydrogen-bond donors (Lipinski definition) is 0. The van der Waals surface area contributed by atoms with Crippen LogP contribution in [0, 0.1) is 0 Å². The van der Waals surface area contributed by atoms with Crippen LogP contribution < -0.4 is 4.57 Å². The second-order valence-corrected chi connectivity index (χ2v) is 5.03. The van der Waals surface area contributed by atoms with Crippen LogP contribution in [0.4, 0.5) is 0 Å². The van der Waals surface area contributed by atoms with Gasteiger partial charge in [0.2, 0.25) is 0 Å². The molecule has 1 nitrogen and oxygen atoms in total. The van der Waals surface area contributed by atoms with E-state index >= 15 is 0 Å². The van der Waals surface area contributed by atoms with Crippen molar-refractivity contribution in [3.63, 3.8) is 0 Å². The fraction of sp³-hybridized carbons (Fsp3) is 0.105. The first-order valence-electron chi connectivity index (χ1n) is 6.96. The van der Waals surface area contributed by atoms with Gasteiger partial charge in [0, 0.05) is 17.7 Å². The van der Waals surface area contributed by atoms with Crippen molar-refractivity contribution in [3.8, 4) is 0 Å². The summed E-state index contributed by atoms with van der Waals surface area (Å²) < 4.78 is 2.19. The largest absolute Gasteiger partial charge is 0.201 e. The van der Waals surface area contributed by atoms with E-state index in [-0.39, 0.29) is 0 Å². The Kier molecular flexibility index (Phi) is 3.88. The standard InChI is InChI=1S/C19H18N/c1-3-7-17(8-4-1)15-18-9-11-19(12-10-18)16-20-13-5-2-6-14-20/h1-14H,15-16H2/q+1. The quantitative estimate of drug-likeness (QED) is 0.631. The van der Waals surface area contributed by atoms with Gasteiger partial charge in [-0.3, -0.25) is 0 Å². The Morgan fingerprint density at radius 3 is 1.80 bits per heavy atom. The van der Waals surface area contributed by atoms with Crippen LogP contribution in [0.1, 0.15) is 16.7 Å². The first-order chi connectivity index (χ1) is 9.90. The molecule has 1 heterocycles. The zero-order chi connectivity index (χ0) is 13.6.